The van der Waals surface area contributed by atoms with Crippen LogP contribution in [0.25, 0.3) is 0 Å². The van der Waals surface area contributed by atoms with Crippen molar-refractivity contribution < 1.29 is 19.2 Å². The minimum Gasteiger partial charge on any atom is -0.326 e. The maximum atomic E-state index is 13.2. The Kier molecular flexibility index (Phi) is 7.18. The van der Waals surface area contributed by atoms with Crippen molar-refractivity contribution in [2.24, 2.45) is 11.8 Å². The van der Waals surface area contributed by atoms with Crippen molar-refractivity contribution in [3.05, 3.63) is 102 Å². The molecule has 2 atom stereocenters. The van der Waals surface area contributed by atoms with E-state index in [9.17, 15) is 19.2 Å². The number of fused-ring (bicyclic) bond motifs is 1. The molecule has 1 heterocycles. The molecule has 0 unspecified atom stereocenters. The number of nitrogens with one attached hydrogen (secondary N) is 2. The Hall–Kier alpha value is -4.52. The van der Waals surface area contributed by atoms with Gasteiger partial charge in [-0.3, -0.25) is 19.2 Å². The highest BCUT2D eigenvalue weighted by atomic mass is 16.2. The van der Waals surface area contributed by atoms with Crippen molar-refractivity contribution in [1.82, 2.24) is 0 Å². The average Bonchev–Trinajstić information content (AvgIpc) is 3.17. The number of para-hydroxylation sites is 1. The molecule has 2 N–H and O–H groups in total. The zero-order valence-corrected chi connectivity index (χ0v) is 21.1. The molecule has 1 aliphatic heterocycles. The number of benzene rings is 3. The lowest BCUT2D eigenvalue weighted by Gasteiger charge is -2.19. The molecule has 0 bridgehead atoms. The highest BCUT2D eigenvalue weighted by molar-refractivity contribution is 6.25. The summed E-state index contributed by atoms with van der Waals surface area (Å²) >= 11 is 0. The Morgan fingerprint density at radius 2 is 1.45 bits per heavy atom. The van der Waals surface area contributed by atoms with E-state index in [1.54, 1.807) is 48.5 Å². The molecule has 3 aromatic rings. The number of anilines is 3. The lowest BCUT2D eigenvalue weighted by Crippen LogP contribution is -2.33. The monoisotopic (exact) mass is 507 g/mol. The van der Waals surface area contributed by atoms with Gasteiger partial charge in [0.05, 0.1) is 23.1 Å². The molecule has 5 rings (SSSR count). The van der Waals surface area contributed by atoms with Crippen LogP contribution in [0, 0.1) is 11.8 Å². The van der Waals surface area contributed by atoms with E-state index in [0.717, 1.165) is 11.1 Å². The highest BCUT2D eigenvalue weighted by Gasteiger charge is 2.49. The molecule has 4 amide bonds. The Balaban J connectivity index is 1.24. The third kappa shape index (κ3) is 5.27. The maximum absolute atomic E-state index is 13.2. The van der Waals surface area contributed by atoms with Crippen LogP contribution in [0.2, 0.25) is 0 Å². The van der Waals surface area contributed by atoms with Crippen LogP contribution in [-0.2, 0) is 20.8 Å². The van der Waals surface area contributed by atoms with E-state index >= 15 is 0 Å². The first-order valence-corrected chi connectivity index (χ1v) is 12.8. The zero-order chi connectivity index (χ0) is 26.6. The first kappa shape index (κ1) is 25.1. The highest BCUT2D eigenvalue weighted by Crippen LogP contribution is 2.40. The summed E-state index contributed by atoms with van der Waals surface area (Å²) in [6.45, 7) is 1.97. The molecule has 0 spiro atoms. The quantitative estimate of drug-likeness (QED) is 0.333. The number of hydrogen-bond acceptors (Lipinski definition) is 4. The molecule has 1 fully saturated rings. The molecular weight excluding hydrogens is 478 g/mol. The molecular formula is C31H29N3O4. The van der Waals surface area contributed by atoms with E-state index in [0.29, 0.717) is 42.7 Å². The van der Waals surface area contributed by atoms with Gasteiger partial charge in [0, 0.05) is 17.8 Å². The maximum Gasteiger partial charge on any atom is 0.257 e. The van der Waals surface area contributed by atoms with Crippen LogP contribution in [0.1, 0.15) is 42.1 Å². The van der Waals surface area contributed by atoms with Gasteiger partial charge in [0.2, 0.25) is 17.7 Å². The number of carbonyl (C=O) groups is 4. The topological polar surface area (TPSA) is 95.6 Å². The summed E-state index contributed by atoms with van der Waals surface area (Å²) in [5, 5.41) is 5.71. The summed E-state index contributed by atoms with van der Waals surface area (Å²) in [6, 6.07) is 23.3. The molecule has 7 heteroatoms. The zero-order valence-electron chi connectivity index (χ0n) is 21.1. The molecule has 192 valence electrons. The van der Waals surface area contributed by atoms with Gasteiger partial charge in [0.25, 0.3) is 5.91 Å². The van der Waals surface area contributed by atoms with Crippen LogP contribution in [0.5, 0.6) is 0 Å². The Morgan fingerprint density at radius 1 is 0.816 bits per heavy atom. The third-order valence-corrected chi connectivity index (χ3v) is 7.12. The fourth-order valence-corrected chi connectivity index (χ4v) is 5.10. The third-order valence-electron chi connectivity index (χ3n) is 7.12. The van der Waals surface area contributed by atoms with Gasteiger partial charge in [-0.2, -0.15) is 0 Å². The van der Waals surface area contributed by atoms with Crippen molar-refractivity contribution in [2.45, 2.75) is 32.6 Å². The lowest BCUT2D eigenvalue weighted by molar-refractivity contribution is -0.122. The predicted octanol–water partition coefficient (Wildman–Crippen LogP) is 5.36. The molecule has 2 aliphatic rings. The summed E-state index contributed by atoms with van der Waals surface area (Å²) in [6.07, 6.45) is 4.14. The Bertz CT molecular complexity index is 1410. The normalized spacial score (nSPS) is 18.6. The second kappa shape index (κ2) is 10.8. The summed E-state index contributed by atoms with van der Waals surface area (Å²) in [5.41, 5.74) is 3.91. The van der Waals surface area contributed by atoms with Gasteiger partial charge < -0.3 is 10.6 Å². The first-order valence-electron chi connectivity index (χ1n) is 12.8. The number of carbonyl (C=O) groups excluding carboxylic acids is 4. The van der Waals surface area contributed by atoms with E-state index in [2.05, 4.69) is 10.6 Å². The average molecular weight is 508 g/mol. The number of nitrogens with zero attached hydrogens (tertiary/aromatic N) is 1. The molecule has 0 aromatic heterocycles. The van der Waals surface area contributed by atoms with Gasteiger partial charge in [0.1, 0.15) is 0 Å². The van der Waals surface area contributed by atoms with Gasteiger partial charge in [0.15, 0.2) is 0 Å². The number of allylic oxidation sites excluding steroid dienone is 2. The molecule has 0 saturated carbocycles. The number of hydrogen-bond donors (Lipinski definition) is 2. The second-order valence-corrected chi connectivity index (χ2v) is 9.80. The van der Waals surface area contributed by atoms with Crippen molar-refractivity contribution >= 4 is 40.7 Å². The number of imide groups is 1. The lowest BCUT2D eigenvalue weighted by atomic mass is 9.82. The molecule has 1 aliphatic carbocycles. The van der Waals surface area contributed by atoms with Gasteiger partial charge >= 0.3 is 0 Å². The van der Waals surface area contributed by atoms with Crippen LogP contribution < -0.4 is 15.5 Å². The van der Waals surface area contributed by atoms with Gasteiger partial charge in [-0.25, -0.2) is 4.90 Å². The molecule has 38 heavy (non-hydrogen) atoms. The van der Waals surface area contributed by atoms with Crippen LogP contribution in [0.3, 0.4) is 0 Å². The van der Waals surface area contributed by atoms with E-state index in [1.807, 2.05) is 43.3 Å². The number of amides is 4. The van der Waals surface area contributed by atoms with Crippen LogP contribution in [-0.4, -0.2) is 23.6 Å². The smallest absolute Gasteiger partial charge is 0.257 e. The van der Waals surface area contributed by atoms with E-state index in [-0.39, 0.29) is 35.1 Å². The van der Waals surface area contributed by atoms with E-state index in [4.69, 9.17) is 0 Å². The van der Waals surface area contributed by atoms with Crippen molar-refractivity contribution in [1.29, 1.82) is 0 Å². The van der Waals surface area contributed by atoms with Crippen LogP contribution in [0.15, 0.2) is 90.5 Å². The van der Waals surface area contributed by atoms with Crippen molar-refractivity contribution in [3.63, 3.8) is 0 Å². The number of rotatable bonds is 7. The minimum absolute atomic E-state index is 0.0922. The molecule has 1 saturated heterocycles. The van der Waals surface area contributed by atoms with Crippen molar-refractivity contribution in [3.8, 4) is 0 Å². The SMILES string of the molecule is CC1=CC[C@@H]2C(=O)N(c3ccccc3C(=O)Nc3ccc(NC(=O)CCc4ccccc4)cc3)C(=O)[C@@H]2C1. The predicted molar refractivity (Wildman–Crippen MR) is 147 cm³/mol. The minimum atomic E-state index is -0.426. The second-order valence-electron chi connectivity index (χ2n) is 9.80. The van der Waals surface area contributed by atoms with Crippen LogP contribution in [0.4, 0.5) is 17.1 Å². The summed E-state index contributed by atoms with van der Waals surface area (Å²) in [7, 11) is 0. The summed E-state index contributed by atoms with van der Waals surface area (Å²) in [4.78, 5) is 53.1. The first-order chi connectivity index (χ1) is 18.4. The van der Waals surface area contributed by atoms with Gasteiger partial charge in [-0.05, 0) is 68.1 Å². The fraction of sp³-hybridized carbons (Fsp3) is 0.226. The molecule has 0 radical (unpaired) electrons. The standard InChI is InChI=1S/C31H29N3O4/c1-20-11-17-24-26(19-20)31(38)34(30(24)37)27-10-6-5-9-25(27)29(36)33-23-15-13-22(14-16-23)32-28(35)18-12-21-7-3-2-4-8-21/h2-11,13-16,24,26H,12,17-19H2,1H3,(H,32,35)(H,33,36)/t24-,26+/m0/s1. The van der Waals surface area contributed by atoms with Gasteiger partial charge in [-0.15, -0.1) is 0 Å². The fourth-order valence-electron chi connectivity index (χ4n) is 5.10. The van der Waals surface area contributed by atoms with Crippen LogP contribution >= 0.6 is 0 Å². The Morgan fingerprint density at radius 3 is 2.18 bits per heavy atom. The van der Waals surface area contributed by atoms with E-state index in [1.165, 1.54) is 4.90 Å². The molecule has 3 aromatic carbocycles. The Labute approximate surface area is 221 Å². The largest absolute Gasteiger partial charge is 0.326 e. The summed E-state index contributed by atoms with van der Waals surface area (Å²) in [5.74, 6) is -1.77. The number of aryl methyl sites for hydroxylation is 1. The van der Waals surface area contributed by atoms with E-state index < -0.39 is 5.91 Å². The van der Waals surface area contributed by atoms with Gasteiger partial charge in [-0.1, -0.05) is 54.1 Å². The van der Waals surface area contributed by atoms with Crippen molar-refractivity contribution in [2.75, 3.05) is 15.5 Å². The molecule has 7 nitrogen and oxygen atoms in total. The summed E-state index contributed by atoms with van der Waals surface area (Å²) < 4.78 is 0.